The number of nitriles is 1. The first-order chi connectivity index (χ1) is 12.7. The van der Waals surface area contributed by atoms with E-state index in [0.29, 0.717) is 18.8 Å². The molecule has 0 radical (unpaired) electrons. The van der Waals surface area contributed by atoms with Crippen molar-refractivity contribution in [3.05, 3.63) is 72.2 Å². The highest BCUT2D eigenvalue weighted by Crippen LogP contribution is 2.17. The third-order valence-electron chi connectivity index (χ3n) is 4.21. The fourth-order valence-electron chi connectivity index (χ4n) is 2.80. The molecule has 1 heterocycles. The minimum Gasteiger partial charge on any atom is -0.373 e. The third-order valence-corrected chi connectivity index (χ3v) is 4.21. The molecule has 1 saturated heterocycles. The van der Waals surface area contributed by atoms with Crippen LogP contribution in [0, 0.1) is 17.1 Å². The largest absolute Gasteiger partial charge is 0.373 e. The Morgan fingerprint density at radius 3 is 2.31 bits per heavy atom. The van der Waals surface area contributed by atoms with Crippen molar-refractivity contribution in [1.82, 2.24) is 4.90 Å². The summed E-state index contributed by atoms with van der Waals surface area (Å²) in [5, 5.41) is 12.0. The Bertz CT molecular complexity index is 819. The molecule has 2 aromatic rings. The summed E-state index contributed by atoms with van der Waals surface area (Å²) in [4.78, 5) is 16.4. The zero-order chi connectivity index (χ0) is 18.4. The lowest BCUT2D eigenvalue weighted by atomic mass is 10.2. The average Bonchev–Trinajstić information content (AvgIpc) is 2.68. The van der Waals surface area contributed by atoms with Crippen LogP contribution in [0.1, 0.15) is 0 Å². The van der Waals surface area contributed by atoms with Crippen LogP contribution in [0.2, 0.25) is 0 Å². The molecular weight excluding hydrogens is 331 g/mol. The Morgan fingerprint density at radius 2 is 1.69 bits per heavy atom. The second-order valence-corrected chi connectivity index (χ2v) is 5.97. The summed E-state index contributed by atoms with van der Waals surface area (Å²) >= 11 is 0. The smallest absolute Gasteiger partial charge is 0.267 e. The molecule has 26 heavy (non-hydrogen) atoms. The van der Waals surface area contributed by atoms with Crippen LogP contribution < -0.4 is 10.2 Å². The number of halogens is 1. The maximum Gasteiger partial charge on any atom is 0.267 e. The lowest BCUT2D eigenvalue weighted by Gasteiger charge is -2.35. The summed E-state index contributed by atoms with van der Waals surface area (Å²) in [5.41, 5.74) is 1.70. The van der Waals surface area contributed by atoms with E-state index in [-0.39, 0.29) is 11.4 Å². The lowest BCUT2D eigenvalue weighted by molar-refractivity contribution is -0.112. The lowest BCUT2D eigenvalue weighted by Crippen LogP contribution is -2.44. The molecule has 0 bridgehead atoms. The van der Waals surface area contributed by atoms with Crippen LogP contribution in [0.3, 0.4) is 0 Å². The standard InChI is InChI=1S/C20H19FN4O/c21-17-6-8-19(9-7-17)25-12-10-24(11-13-25)15-16(14-22)20(26)23-18-4-2-1-3-5-18/h1-9,15H,10-13H2,(H,23,26). The predicted octanol–water partition coefficient (Wildman–Crippen LogP) is 2.99. The number of hydrogen-bond donors (Lipinski definition) is 1. The summed E-state index contributed by atoms with van der Waals surface area (Å²) in [7, 11) is 0. The van der Waals surface area contributed by atoms with Crippen LogP contribution in [0.25, 0.3) is 0 Å². The number of carbonyl (C=O) groups excluding carboxylic acids is 1. The van der Waals surface area contributed by atoms with Gasteiger partial charge in [0.15, 0.2) is 0 Å². The summed E-state index contributed by atoms with van der Waals surface area (Å²) < 4.78 is 13.0. The summed E-state index contributed by atoms with van der Waals surface area (Å²) in [6.07, 6.45) is 1.61. The van der Waals surface area contributed by atoms with Crippen molar-refractivity contribution in [2.24, 2.45) is 0 Å². The van der Waals surface area contributed by atoms with Crippen molar-refractivity contribution >= 4 is 17.3 Å². The number of para-hydroxylation sites is 1. The van der Waals surface area contributed by atoms with E-state index in [1.54, 1.807) is 30.5 Å². The van der Waals surface area contributed by atoms with Crippen molar-refractivity contribution in [3.63, 3.8) is 0 Å². The highest BCUT2D eigenvalue weighted by molar-refractivity contribution is 6.06. The van der Waals surface area contributed by atoms with Gasteiger partial charge in [-0.2, -0.15) is 5.26 Å². The molecule has 1 N–H and O–H groups in total. The fraction of sp³-hybridized carbons (Fsp3) is 0.200. The van der Waals surface area contributed by atoms with E-state index in [1.165, 1.54) is 12.1 Å². The minimum absolute atomic E-state index is 0.0732. The summed E-state index contributed by atoms with van der Waals surface area (Å²) in [5.74, 6) is -0.668. The Hall–Kier alpha value is -3.33. The molecule has 0 spiro atoms. The van der Waals surface area contributed by atoms with E-state index in [9.17, 15) is 14.4 Å². The quantitative estimate of drug-likeness (QED) is 0.680. The van der Waals surface area contributed by atoms with Crippen LogP contribution in [-0.4, -0.2) is 37.0 Å². The fourth-order valence-corrected chi connectivity index (χ4v) is 2.80. The van der Waals surface area contributed by atoms with E-state index in [4.69, 9.17) is 0 Å². The Morgan fingerprint density at radius 1 is 1.04 bits per heavy atom. The first kappa shape index (κ1) is 17.5. The third kappa shape index (κ3) is 4.39. The van der Waals surface area contributed by atoms with E-state index >= 15 is 0 Å². The van der Waals surface area contributed by atoms with Gasteiger partial charge >= 0.3 is 0 Å². The molecule has 2 aromatic carbocycles. The van der Waals surface area contributed by atoms with Gasteiger partial charge in [-0.05, 0) is 36.4 Å². The van der Waals surface area contributed by atoms with Gasteiger partial charge in [-0.25, -0.2) is 4.39 Å². The molecular formula is C20H19FN4O. The molecule has 132 valence electrons. The Balaban J connectivity index is 1.59. The Kier molecular flexibility index (Phi) is 5.49. The molecule has 0 saturated carbocycles. The number of rotatable bonds is 4. The number of nitrogens with zero attached hydrogens (tertiary/aromatic N) is 3. The van der Waals surface area contributed by atoms with Crippen molar-refractivity contribution in [2.75, 3.05) is 36.4 Å². The van der Waals surface area contributed by atoms with Crippen molar-refractivity contribution in [2.45, 2.75) is 0 Å². The van der Waals surface area contributed by atoms with Gasteiger partial charge in [-0.1, -0.05) is 18.2 Å². The normalized spacial score (nSPS) is 14.7. The Labute approximate surface area is 152 Å². The minimum atomic E-state index is -0.417. The monoisotopic (exact) mass is 350 g/mol. The van der Waals surface area contributed by atoms with Crippen LogP contribution >= 0.6 is 0 Å². The first-order valence-electron chi connectivity index (χ1n) is 8.38. The van der Waals surface area contributed by atoms with Gasteiger partial charge in [0.2, 0.25) is 0 Å². The molecule has 0 atom stereocenters. The molecule has 1 amide bonds. The molecule has 1 aliphatic heterocycles. The van der Waals surface area contributed by atoms with Gasteiger partial charge in [0, 0.05) is 43.8 Å². The predicted molar refractivity (Wildman–Crippen MR) is 99.0 cm³/mol. The highest BCUT2D eigenvalue weighted by Gasteiger charge is 2.17. The van der Waals surface area contributed by atoms with Gasteiger partial charge in [0.25, 0.3) is 5.91 Å². The first-order valence-corrected chi connectivity index (χ1v) is 8.38. The number of piperazine rings is 1. The zero-order valence-electron chi connectivity index (χ0n) is 14.2. The van der Waals surface area contributed by atoms with Gasteiger partial charge < -0.3 is 15.1 Å². The van der Waals surface area contributed by atoms with E-state index < -0.39 is 5.91 Å². The number of amides is 1. The van der Waals surface area contributed by atoms with Gasteiger partial charge in [0.1, 0.15) is 17.5 Å². The molecule has 0 unspecified atom stereocenters. The van der Waals surface area contributed by atoms with Crippen LogP contribution in [0.15, 0.2) is 66.4 Å². The topological polar surface area (TPSA) is 59.4 Å². The molecule has 0 aromatic heterocycles. The van der Waals surface area contributed by atoms with Crippen LogP contribution in [-0.2, 0) is 4.79 Å². The average molecular weight is 350 g/mol. The molecule has 1 fully saturated rings. The highest BCUT2D eigenvalue weighted by atomic mass is 19.1. The second-order valence-electron chi connectivity index (χ2n) is 5.97. The molecule has 5 nitrogen and oxygen atoms in total. The number of anilines is 2. The SMILES string of the molecule is N#CC(=CN1CCN(c2ccc(F)cc2)CC1)C(=O)Nc1ccccc1. The van der Waals surface area contributed by atoms with Gasteiger partial charge in [-0.15, -0.1) is 0 Å². The maximum atomic E-state index is 13.0. The van der Waals surface area contributed by atoms with Gasteiger partial charge in [0.05, 0.1) is 0 Å². The molecule has 0 aliphatic carbocycles. The van der Waals surface area contributed by atoms with E-state index in [1.807, 2.05) is 29.2 Å². The molecule has 1 aliphatic rings. The van der Waals surface area contributed by atoms with Crippen LogP contribution in [0.5, 0.6) is 0 Å². The zero-order valence-corrected chi connectivity index (χ0v) is 14.2. The van der Waals surface area contributed by atoms with Crippen molar-refractivity contribution in [1.29, 1.82) is 5.26 Å². The number of nitrogens with one attached hydrogen (secondary N) is 1. The van der Waals surface area contributed by atoms with E-state index in [0.717, 1.165) is 18.8 Å². The number of hydrogen-bond acceptors (Lipinski definition) is 4. The van der Waals surface area contributed by atoms with Gasteiger partial charge in [-0.3, -0.25) is 4.79 Å². The number of carbonyl (C=O) groups is 1. The second kappa shape index (κ2) is 8.17. The molecule has 6 heteroatoms. The maximum absolute atomic E-state index is 13.0. The van der Waals surface area contributed by atoms with Crippen molar-refractivity contribution < 1.29 is 9.18 Å². The van der Waals surface area contributed by atoms with Crippen LogP contribution in [0.4, 0.5) is 15.8 Å². The summed E-state index contributed by atoms with van der Waals surface area (Å²) in [6, 6.07) is 17.4. The summed E-state index contributed by atoms with van der Waals surface area (Å²) in [6.45, 7) is 2.84. The van der Waals surface area contributed by atoms with E-state index in [2.05, 4.69) is 10.2 Å². The molecule has 3 rings (SSSR count). The number of benzene rings is 2. The van der Waals surface area contributed by atoms with Crippen molar-refractivity contribution in [3.8, 4) is 6.07 Å².